The van der Waals surface area contributed by atoms with E-state index in [9.17, 15) is 13.6 Å². The maximum atomic E-state index is 13.7. The molecule has 1 aliphatic heterocycles. The van der Waals surface area contributed by atoms with Crippen LogP contribution >= 0.6 is 0 Å². The molecule has 1 saturated carbocycles. The van der Waals surface area contributed by atoms with Crippen LogP contribution in [0.15, 0.2) is 12.3 Å². The highest BCUT2D eigenvalue weighted by molar-refractivity contribution is 5.92. The highest BCUT2D eigenvalue weighted by atomic mass is 19.1. The SMILES string of the molecule is O=C(c1ncc(F)cc1F)N1CC[C@H](C2CCCCC2)C1. The van der Waals surface area contributed by atoms with Crippen LogP contribution < -0.4 is 0 Å². The fourth-order valence-corrected chi connectivity index (χ4v) is 3.68. The van der Waals surface area contributed by atoms with Crippen LogP contribution in [-0.4, -0.2) is 28.9 Å². The van der Waals surface area contributed by atoms with Gasteiger partial charge in [0.15, 0.2) is 11.5 Å². The first-order valence-electron chi connectivity index (χ1n) is 7.75. The number of amides is 1. The molecule has 114 valence electrons. The molecule has 0 bridgehead atoms. The Morgan fingerprint density at radius 3 is 2.62 bits per heavy atom. The second kappa shape index (κ2) is 6.08. The van der Waals surface area contributed by atoms with Gasteiger partial charge in [-0.2, -0.15) is 0 Å². The first-order valence-corrected chi connectivity index (χ1v) is 7.75. The van der Waals surface area contributed by atoms with Gasteiger partial charge in [-0.05, 0) is 18.3 Å². The van der Waals surface area contributed by atoms with Crippen molar-refractivity contribution in [1.82, 2.24) is 9.88 Å². The molecule has 3 rings (SSSR count). The molecule has 2 heterocycles. The monoisotopic (exact) mass is 294 g/mol. The van der Waals surface area contributed by atoms with E-state index in [1.807, 2.05) is 0 Å². The summed E-state index contributed by atoms with van der Waals surface area (Å²) < 4.78 is 26.5. The largest absolute Gasteiger partial charge is 0.337 e. The number of carbonyl (C=O) groups is 1. The first kappa shape index (κ1) is 14.4. The molecule has 1 aliphatic carbocycles. The third kappa shape index (κ3) is 3.06. The number of hydrogen-bond donors (Lipinski definition) is 0. The Bertz CT molecular complexity index is 529. The average Bonchev–Trinajstić information content (AvgIpc) is 2.97. The molecule has 0 N–H and O–H groups in total. The van der Waals surface area contributed by atoms with Gasteiger partial charge < -0.3 is 4.90 Å². The van der Waals surface area contributed by atoms with Crippen molar-refractivity contribution in [3.63, 3.8) is 0 Å². The normalized spacial score (nSPS) is 23.5. The predicted octanol–water partition coefficient (Wildman–Crippen LogP) is 3.40. The van der Waals surface area contributed by atoms with Crippen molar-refractivity contribution < 1.29 is 13.6 Å². The number of nitrogens with zero attached hydrogens (tertiary/aromatic N) is 2. The van der Waals surface area contributed by atoms with Gasteiger partial charge in [-0.15, -0.1) is 0 Å². The molecule has 2 fully saturated rings. The van der Waals surface area contributed by atoms with Crippen LogP contribution in [0.2, 0.25) is 0 Å². The van der Waals surface area contributed by atoms with Crippen molar-refractivity contribution >= 4 is 5.91 Å². The van der Waals surface area contributed by atoms with Crippen molar-refractivity contribution in [2.45, 2.75) is 38.5 Å². The number of carbonyl (C=O) groups excluding carboxylic acids is 1. The molecule has 1 aromatic rings. The highest BCUT2D eigenvalue weighted by Gasteiger charge is 2.33. The highest BCUT2D eigenvalue weighted by Crippen LogP contribution is 2.35. The molecule has 1 saturated heterocycles. The summed E-state index contributed by atoms with van der Waals surface area (Å²) in [6.07, 6.45) is 8.25. The van der Waals surface area contributed by atoms with Gasteiger partial charge in [0.25, 0.3) is 5.91 Å². The fourth-order valence-electron chi connectivity index (χ4n) is 3.68. The minimum absolute atomic E-state index is 0.263. The van der Waals surface area contributed by atoms with E-state index in [1.54, 1.807) is 4.90 Å². The van der Waals surface area contributed by atoms with E-state index in [4.69, 9.17) is 0 Å². The molecule has 1 aromatic heterocycles. The molecule has 0 unspecified atom stereocenters. The number of aromatic nitrogens is 1. The minimum Gasteiger partial charge on any atom is -0.337 e. The number of halogens is 2. The summed E-state index contributed by atoms with van der Waals surface area (Å²) in [5, 5.41) is 0. The van der Waals surface area contributed by atoms with Crippen molar-refractivity contribution in [1.29, 1.82) is 0 Å². The molecule has 0 aromatic carbocycles. The lowest BCUT2D eigenvalue weighted by molar-refractivity contribution is 0.0768. The summed E-state index contributed by atoms with van der Waals surface area (Å²) in [6, 6.07) is 0.717. The zero-order valence-electron chi connectivity index (χ0n) is 12.0. The van der Waals surface area contributed by atoms with Gasteiger partial charge in [0.1, 0.15) is 5.82 Å². The van der Waals surface area contributed by atoms with Crippen molar-refractivity contribution in [3.8, 4) is 0 Å². The second-order valence-electron chi connectivity index (χ2n) is 6.18. The van der Waals surface area contributed by atoms with Gasteiger partial charge in [0, 0.05) is 19.2 Å². The van der Waals surface area contributed by atoms with Crippen molar-refractivity contribution in [2.75, 3.05) is 13.1 Å². The topological polar surface area (TPSA) is 33.2 Å². The second-order valence-corrected chi connectivity index (χ2v) is 6.18. The third-order valence-electron chi connectivity index (χ3n) is 4.84. The van der Waals surface area contributed by atoms with E-state index in [-0.39, 0.29) is 5.69 Å². The van der Waals surface area contributed by atoms with E-state index >= 15 is 0 Å². The van der Waals surface area contributed by atoms with Crippen LogP contribution in [0.1, 0.15) is 49.0 Å². The summed E-state index contributed by atoms with van der Waals surface area (Å²) in [6.45, 7) is 1.33. The van der Waals surface area contributed by atoms with Gasteiger partial charge in [-0.25, -0.2) is 13.8 Å². The summed E-state index contributed by atoms with van der Waals surface area (Å²) in [7, 11) is 0. The Labute approximate surface area is 123 Å². The van der Waals surface area contributed by atoms with Gasteiger partial charge in [0.05, 0.1) is 6.20 Å². The van der Waals surface area contributed by atoms with Crippen LogP contribution in [0, 0.1) is 23.5 Å². The Hall–Kier alpha value is -1.52. The van der Waals surface area contributed by atoms with Crippen LogP contribution in [0.5, 0.6) is 0 Å². The molecule has 1 atom stereocenters. The lowest BCUT2D eigenvalue weighted by Crippen LogP contribution is -2.31. The van der Waals surface area contributed by atoms with Crippen molar-refractivity contribution in [3.05, 3.63) is 29.6 Å². The quantitative estimate of drug-likeness (QED) is 0.837. The van der Waals surface area contributed by atoms with E-state index < -0.39 is 17.5 Å². The van der Waals surface area contributed by atoms with Gasteiger partial charge >= 0.3 is 0 Å². The Balaban J connectivity index is 1.66. The molecule has 1 amide bonds. The van der Waals surface area contributed by atoms with Gasteiger partial charge in [-0.1, -0.05) is 32.1 Å². The van der Waals surface area contributed by atoms with Crippen LogP contribution in [-0.2, 0) is 0 Å². The Morgan fingerprint density at radius 1 is 1.14 bits per heavy atom. The first-order chi connectivity index (χ1) is 10.1. The molecular weight excluding hydrogens is 274 g/mol. The van der Waals surface area contributed by atoms with Crippen molar-refractivity contribution in [2.24, 2.45) is 11.8 Å². The lowest BCUT2D eigenvalue weighted by Gasteiger charge is -2.27. The third-order valence-corrected chi connectivity index (χ3v) is 4.84. The van der Waals surface area contributed by atoms with Crippen LogP contribution in [0.4, 0.5) is 8.78 Å². The Kier molecular flexibility index (Phi) is 4.17. The minimum atomic E-state index is -0.874. The molecule has 5 heteroatoms. The lowest BCUT2D eigenvalue weighted by atomic mass is 9.80. The smallest absolute Gasteiger partial charge is 0.275 e. The standard InChI is InChI=1S/C16H20F2N2O/c17-13-8-14(18)15(19-9-13)16(21)20-7-6-12(10-20)11-4-2-1-3-5-11/h8-9,11-12H,1-7,10H2/t12-/m0/s1. The van der Waals surface area contributed by atoms with E-state index in [0.29, 0.717) is 24.9 Å². The molecule has 3 nitrogen and oxygen atoms in total. The maximum Gasteiger partial charge on any atom is 0.275 e. The summed E-state index contributed by atoms with van der Waals surface area (Å²) in [5.74, 6) is -0.821. The maximum absolute atomic E-state index is 13.7. The van der Waals surface area contributed by atoms with E-state index in [1.165, 1.54) is 32.1 Å². The molecule has 0 spiro atoms. The number of hydrogen-bond acceptors (Lipinski definition) is 2. The molecular formula is C16H20F2N2O. The van der Waals surface area contributed by atoms with Gasteiger partial charge in [0.2, 0.25) is 0 Å². The average molecular weight is 294 g/mol. The summed E-state index contributed by atoms with van der Waals surface area (Å²) in [4.78, 5) is 17.6. The molecule has 2 aliphatic rings. The van der Waals surface area contributed by atoms with Crippen LogP contribution in [0.25, 0.3) is 0 Å². The summed E-state index contributed by atoms with van der Waals surface area (Å²) in [5.41, 5.74) is -0.263. The van der Waals surface area contributed by atoms with E-state index in [0.717, 1.165) is 18.7 Å². The predicted molar refractivity (Wildman–Crippen MR) is 74.7 cm³/mol. The van der Waals surface area contributed by atoms with Crippen LogP contribution in [0.3, 0.4) is 0 Å². The number of pyridine rings is 1. The van der Waals surface area contributed by atoms with E-state index in [2.05, 4.69) is 4.98 Å². The zero-order chi connectivity index (χ0) is 14.8. The van der Waals surface area contributed by atoms with Gasteiger partial charge in [-0.3, -0.25) is 4.79 Å². The summed E-state index contributed by atoms with van der Waals surface area (Å²) >= 11 is 0. The zero-order valence-corrected chi connectivity index (χ0v) is 12.0. The number of rotatable bonds is 2. The number of likely N-dealkylation sites (tertiary alicyclic amines) is 1. The molecule has 0 radical (unpaired) electrons. The Morgan fingerprint density at radius 2 is 1.90 bits per heavy atom. The molecule has 21 heavy (non-hydrogen) atoms. The fraction of sp³-hybridized carbons (Fsp3) is 0.625.